The van der Waals surface area contributed by atoms with Crippen LogP contribution >= 0.6 is 11.3 Å². The molecule has 0 saturated carbocycles. The minimum absolute atomic E-state index is 0.335. The molecule has 0 amide bonds. The SMILES string of the molecule is COc1cccc(CN2CC(c3nc(-c4cccs4)no3)C2)c1. The van der Waals surface area contributed by atoms with E-state index in [-0.39, 0.29) is 0 Å². The average Bonchev–Trinajstić information content (AvgIpc) is 3.21. The molecule has 1 saturated heterocycles. The molecule has 0 spiro atoms. The molecule has 3 heterocycles. The van der Waals surface area contributed by atoms with Gasteiger partial charge in [-0.1, -0.05) is 23.4 Å². The summed E-state index contributed by atoms with van der Waals surface area (Å²) in [6.07, 6.45) is 0. The summed E-state index contributed by atoms with van der Waals surface area (Å²) in [5.41, 5.74) is 1.26. The molecule has 0 N–H and O–H groups in total. The zero-order valence-corrected chi connectivity index (χ0v) is 13.6. The van der Waals surface area contributed by atoms with Crippen molar-refractivity contribution >= 4 is 11.3 Å². The molecule has 1 aliphatic heterocycles. The van der Waals surface area contributed by atoms with E-state index in [0.717, 1.165) is 36.2 Å². The Labute approximate surface area is 138 Å². The second-order valence-electron chi connectivity index (χ2n) is 5.68. The molecular weight excluding hydrogens is 310 g/mol. The summed E-state index contributed by atoms with van der Waals surface area (Å²) in [6.45, 7) is 2.81. The summed E-state index contributed by atoms with van der Waals surface area (Å²) in [4.78, 5) is 7.95. The summed E-state index contributed by atoms with van der Waals surface area (Å²) in [7, 11) is 1.69. The van der Waals surface area contributed by atoms with Gasteiger partial charge in [0.25, 0.3) is 0 Å². The second-order valence-corrected chi connectivity index (χ2v) is 6.62. The fraction of sp³-hybridized carbons (Fsp3) is 0.294. The lowest BCUT2D eigenvalue weighted by atomic mass is 9.99. The van der Waals surface area contributed by atoms with E-state index >= 15 is 0 Å². The van der Waals surface area contributed by atoms with Crippen molar-refractivity contribution < 1.29 is 9.26 Å². The molecule has 6 heteroatoms. The number of nitrogens with zero attached hydrogens (tertiary/aromatic N) is 3. The van der Waals surface area contributed by atoms with Gasteiger partial charge < -0.3 is 9.26 Å². The summed E-state index contributed by atoms with van der Waals surface area (Å²) in [6, 6.07) is 12.2. The average molecular weight is 327 g/mol. The maximum atomic E-state index is 5.43. The van der Waals surface area contributed by atoms with E-state index in [1.54, 1.807) is 18.4 Å². The van der Waals surface area contributed by atoms with Crippen molar-refractivity contribution in [3.8, 4) is 16.5 Å². The van der Waals surface area contributed by atoms with Gasteiger partial charge in [-0.15, -0.1) is 11.3 Å². The molecule has 23 heavy (non-hydrogen) atoms. The summed E-state index contributed by atoms with van der Waals surface area (Å²) < 4.78 is 10.7. The molecule has 4 rings (SSSR count). The monoisotopic (exact) mass is 327 g/mol. The topological polar surface area (TPSA) is 51.4 Å². The molecular formula is C17H17N3O2S. The van der Waals surface area contributed by atoms with Crippen LogP contribution in [0.1, 0.15) is 17.4 Å². The number of ether oxygens (including phenoxy) is 1. The van der Waals surface area contributed by atoms with Crippen LogP contribution in [-0.4, -0.2) is 35.2 Å². The third kappa shape index (κ3) is 3.00. The third-order valence-corrected chi connectivity index (χ3v) is 4.90. The maximum Gasteiger partial charge on any atom is 0.232 e. The lowest BCUT2D eigenvalue weighted by Crippen LogP contribution is -2.44. The Morgan fingerprint density at radius 2 is 2.22 bits per heavy atom. The van der Waals surface area contributed by atoms with Crippen molar-refractivity contribution in [3.63, 3.8) is 0 Å². The Morgan fingerprint density at radius 1 is 1.30 bits per heavy atom. The van der Waals surface area contributed by atoms with Gasteiger partial charge in [0.15, 0.2) is 0 Å². The highest BCUT2D eigenvalue weighted by atomic mass is 32.1. The van der Waals surface area contributed by atoms with Gasteiger partial charge in [0, 0.05) is 19.6 Å². The molecule has 2 aromatic heterocycles. The molecule has 1 fully saturated rings. The third-order valence-electron chi connectivity index (χ3n) is 4.03. The number of hydrogen-bond donors (Lipinski definition) is 0. The molecule has 0 atom stereocenters. The van der Waals surface area contributed by atoms with Crippen molar-refractivity contribution in [1.82, 2.24) is 15.0 Å². The van der Waals surface area contributed by atoms with Gasteiger partial charge in [0.05, 0.1) is 17.9 Å². The molecule has 1 aromatic carbocycles. The largest absolute Gasteiger partial charge is 0.497 e. The molecule has 1 aliphatic rings. The van der Waals surface area contributed by atoms with Gasteiger partial charge in [-0.25, -0.2) is 0 Å². The minimum Gasteiger partial charge on any atom is -0.497 e. The lowest BCUT2D eigenvalue weighted by Gasteiger charge is -2.37. The van der Waals surface area contributed by atoms with Crippen LogP contribution in [0.15, 0.2) is 46.3 Å². The van der Waals surface area contributed by atoms with Crippen molar-refractivity contribution in [2.75, 3.05) is 20.2 Å². The Balaban J connectivity index is 1.36. The number of methoxy groups -OCH3 is 1. The van der Waals surface area contributed by atoms with Gasteiger partial charge in [-0.3, -0.25) is 4.90 Å². The van der Waals surface area contributed by atoms with Gasteiger partial charge in [0.2, 0.25) is 11.7 Å². The fourth-order valence-corrected chi connectivity index (χ4v) is 3.44. The first-order valence-corrected chi connectivity index (χ1v) is 8.42. The minimum atomic E-state index is 0.335. The molecule has 0 unspecified atom stereocenters. The summed E-state index contributed by atoms with van der Waals surface area (Å²) >= 11 is 1.63. The van der Waals surface area contributed by atoms with Gasteiger partial charge in [0.1, 0.15) is 5.75 Å². The Hall–Kier alpha value is -2.18. The van der Waals surface area contributed by atoms with E-state index < -0.39 is 0 Å². The van der Waals surface area contributed by atoms with Gasteiger partial charge >= 0.3 is 0 Å². The summed E-state index contributed by atoms with van der Waals surface area (Å²) in [5, 5.41) is 6.10. The number of likely N-dealkylation sites (tertiary alicyclic amines) is 1. The zero-order chi connectivity index (χ0) is 15.6. The standard InChI is InChI=1S/C17H17N3O2S/c1-21-14-5-2-4-12(8-14)9-20-10-13(11-20)17-18-16(19-22-17)15-6-3-7-23-15/h2-8,13H,9-11H2,1H3. The van der Waals surface area contributed by atoms with E-state index in [2.05, 4.69) is 27.2 Å². The Morgan fingerprint density at radius 3 is 3.00 bits per heavy atom. The smallest absolute Gasteiger partial charge is 0.232 e. The van der Waals surface area contributed by atoms with Gasteiger partial charge in [-0.2, -0.15) is 4.98 Å². The van der Waals surface area contributed by atoms with Crippen molar-refractivity contribution in [1.29, 1.82) is 0 Å². The molecule has 0 aliphatic carbocycles. The van der Waals surface area contributed by atoms with E-state index in [1.807, 2.05) is 29.6 Å². The van der Waals surface area contributed by atoms with E-state index in [1.165, 1.54) is 5.56 Å². The van der Waals surface area contributed by atoms with Crippen molar-refractivity contribution in [2.24, 2.45) is 0 Å². The molecule has 3 aromatic rings. The predicted octanol–water partition coefficient (Wildman–Crippen LogP) is 3.41. The van der Waals surface area contributed by atoms with Crippen LogP contribution in [0.4, 0.5) is 0 Å². The highest BCUT2D eigenvalue weighted by Crippen LogP contribution is 2.30. The summed E-state index contributed by atoms with van der Waals surface area (Å²) in [5.74, 6) is 2.68. The molecule has 118 valence electrons. The van der Waals surface area contributed by atoms with Crippen LogP contribution in [0.25, 0.3) is 10.7 Å². The molecule has 5 nitrogen and oxygen atoms in total. The van der Waals surface area contributed by atoms with Crippen LogP contribution in [0, 0.1) is 0 Å². The van der Waals surface area contributed by atoms with Crippen LogP contribution in [0.3, 0.4) is 0 Å². The van der Waals surface area contributed by atoms with Crippen molar-refractivity contribution in [3.05, 3.63) is 53.2 Å². The second kappa shape index (κ2) is 6.14. The van der Waals surface area contributed by atoms with Crippen LogP contribution < -0.4 is 4.74 Å². The number of thiophene rings is 1. The number of aromatic nitrogens is 2. The molecule has 0 radical (unpaired) electrons. The lowest BCUT2D eigenvalue weighted by molar-refractivity contribution is 0.117. The van der Waals surface area contributed by atoms with E-state index in [4.69, 9.17) is 9.26 Å². The number of rotatable bonds is 5. The van der Waals surface area contributed by atoms with Crippen molar-refractivity contribution in [2.45, 2.75) is 12.5 Å². The fourth-order valence-electron chi connectivity index (χ4n) is 2.79. The predicted molar refractivity (Wildman–Crippen MR) is 88.6 cm³/mol. The quantitative estimate of drug-likeness (QED) is 0.719. The Kier molecular flexibility index (Phi) is 3.85. The van der Waals surface area contributed by atoms with Gasteiger partial charge in [-0.05, 0) is 29.1 Å². The Bertz CT molecular complexity index is 779. The van der Waals surface area contributed by atoms with Crippen LogP contribution in [-0.2, 0) is 6.54 Å². The maximum absolute atomic E-state index is 5.43. The highest BCUT2D eigenvalue weighted by molar-refractivity contribution is 7.13. The first-order valence-electron chi connectivity index (χ1n) is 7.54. The van der Waals surface area contributed by atoms with Crippen LogP contribution in [0.2, 0.25) is 0 Å². The van der Waals surface area contributed by atoms with E-state index in [9.17, 15) is 0 Å². The van der Waals surface area contributed by atoms with Crippen LogP contribution in [0.5, 0.6) is 5.75 Å². The zero-order valence-electron chi connectivity index (χ0n) is 12.8. The first-order chi connectivity index (χ1) is 11.3. The first kappa shape index (κ1) is 14.4. The molecule has 0 bridgehead atoms. The number of hydrogen-bond acceptors (Lipinski definition) is 6. The number of benzene rings is 1. The highest BCUT2D eigenvalue weighted by Gasteiger charge is 2.32. The normalized spacial score (nSPS) is 15.5. The van der Waals surface area contributed by atoms with E-state index in [0.29, 0.717) is 11.7 Å².